The summed E-state index contributed by atoms with van der Waals surface area (Å²) in [6, 6.07) is 1.30. The Balaban J connectivity index is 1.82. The zero-order chi connectivity index (χ0) is 14.3. The van der Waals surface area contributed by atoms with Crippen LogP contribution in [0.4, 0.5) is 0 Å². The Morgan fingerprint density at radius 3 is 2.10 bits per heavy atom. The Hall–Kier alpha value is -0.160. The predicted molar refractivity (Wildman–Crippen MR) is 75.8 cm³/mol. The lowest BCUT2D eigenvalue weighted by Crippen LogP contribution is -3.23. The van der Waals surface area contributed by atoms with Crippen molar-refractivity contribution in [3.05, 3.63) is 0 Å². The summed E-state index contributed by atoms with van der Waals surface area (Å²) in [5.41, 5.74) is 0.148. The first-order chi connectivity index (χ1) is 9.25. The van der Waals surface area contributed by atoms with Crippen LogP contribution in [0.15, 0.2) is 0 Å². The molecule has 4 bridgehead atoms. The lowest BCUT2D eigenvalue weighted by molar-refractivity contribution is -0.967. The van der Waals surface area contributed by atoms with E-state index in [-0.39, 0.29) is 22.5 Å². The van der Waals surface area contributed by atoms with Crippen molar-refractivity contribution in [3.63, 3.8) is 0 Å². The third kappa shape index (κ3) is 1.57. The van der Waals surface area contributed by atoms with E-state index in [1.807, 2.05) is 0 Å². The predicted octanol–water partition coefficient (Wildman–Crippen LogP) is -1.89. The van der Waals surface area contributed by atoms with Crippen LogP contribution in [0.5, 0.6) is 0 Å². The number of piperidine rings is 2. The van der Waals surface area contributed by atoms with Crippen molar-refractivity contribution < 1.29 is 19.6 Å². The molecule has 0 aliphatic carbocycles. The van der Waals surface area contributed by atoms with Gasteiger partial charge in [0.2, 0.25) is 0 Å². The van der Waals surface area contributed by atoms with Crippen molar-refractivity contribution in [2.45, 2.75) is 57.9 Å². The molecule has 4 atom stereocenters. The maximum atomic E-state index is 10.9. The van der Waals surface area contributed by atoms with Gasteiger partial charge in [-0.2, -0.15) is 0 Å². The summed E-state index contributed by atoms with van der Waals surface area (Å²) in [6.07, 6.45) is 1.06. The van der Waals surface area contributed by atoms with E-state index >= 15 is 0 Å². The van der Waals surface area contributed by atoms with Gasteiger partial charge in [0.25, 0.3) is 0 Å². The number of aliphatic hydroxyl groups excluding tert-OH is 1. The van der Waals surface area contributed by atoms with E-state index in [1.54, 1.807) is 9.80 Å². The van der Waals surface area contributed by atoms with Gasteiger partial charge in [-0.15, -0.1) is 0 Å². The van der Waals surface area contributed by atoms with Crippen LogP contribution < -0.4 is 9.80 Å². The van der Waals surface area contributed by atoms with Crippen LogP contribution in [0.3, 0.4) is 0 Å². The lowest BCUT2D eigenvalue weighted by Gasteiger charge is -2.53. The smallest absolute Gasteiger partial charge is 0.169 e. The Kier molecular flexibility index (Phi) is 2.55. The van der Waals surface area contributed by atoms with Crippen LogP contribution in [0, 0.1) is 10.8 Å². The van der Waals surface area contributed by atoms with Crippen molar-refractivity contribution in [3.8, 4) is 0 Å². The topological polar surface area (TPSA) is 38.3 Å². The summed E-state index contributed by atoms with van der Waals surface area (Å²) in [6.45, 7) is 14.6. The first-order valence-corrected chi connectivity index (χ1v) is 8.26. The molecule has 0 radical (unpaired) electrons. The highest BCUT2D eigenvalue weighted by molar-refractivity contribution is 5.03. The molecule has 20 heavy (non-hydrogen) atoms. The Morgan fingerprint density at radius 1 is 0.950 bits per heavy atom. The number of quaternary nitrogens is 2. The molecule has 4 heteroatoms. The molecule has 4 unspecified atom stereocenters. The van der Waals surface area contributed by atoms with Gasteiger partial charge in [0, 0.05) is 6.42 Å². The Bertz CT molecular complexity index is 418. The second-order valence-electron chi connectivity index (χ2n) is 9.06. The molecule has 0 aromatic carbocycles. The lowest BCUT2D eigenvalue weighted by atomic mass is 9.63. The maximum absolute atomic E-state index is 10.9. The normalized spacial score (nSPS) is 60.1. The fourth-order valence-electron chi connectivity index (χ4n) is 6.44. The van der Waals surface area contributed by atoms with Crippen molar-refractivity contribution in [2.75, 3.05) is 32.8 Å². The maximum Gasteiger partial charge on any atom is 0.169 e. The minimum Gasteiger partial charge on any atom is -0.391 e. The van der Waals surface area contributed by atoms with Crippen LogP contribution in [0.1, 0.15) is 34.1 Å². The zero-order valence-electron chi connectivity index (χ0n) is 13.3. The molecular weight excluding hydrogens is 252 g/mol. The van der Waals surface area contributed by atoms with E-state index in [0.29, 0.717) is 12.1 Å². The molecule has 114 valence electrons. The van der Waals surface area contributed by atoms with Gasteiger partial charge in [-0.3, -0.25) is 0 Å². The minimum absolute atomic E-state index is 0.0255. The van der Waals surface area contributed by atoms with Gasteiger partial charge in [0.15, 0.2) is 6.04 Å². The zero-order valence-corrected chi connectivity index (χ0v) is 13.3. The number of hydrogen-bond donors (Lipinski definition) is 3. The molecule has 0 spiro atoms. The number of hydrogen-bond acceptors (Lipinski definition) is 2. The van der Waals surface area contributed by atoms with Crippen LogP contribution >= 0.6 is 0 Å². The summed E-state index contributed by atoms with van der Waals surface area (Å²) in [5, 5.41) is 10.9. The van der Waals surface area contributed by atoms with E-state index in [1.165, 1.54) is 6.42 Å². The number of aliphatic hydroxyl groups is 1. The molecule has 5 aliphatic rings. The largest absolute Gasteiger partial charge is 0.391 e. The van der Waals surface area contributed by atoms with E-state index in [9.17, 15) is 5.11 Å². The molecule has 5 fully saturated rings. The number of ether oxygens (including phenoxy) is 1. The van der Waals surface area contributed by atoms with Gasteiger partial charge >= 0.3 is 0 Å². The molecule has 0 saturated carbocycles. The van der Waals surface area contributed by atoms with Gasteiger partial charge in [-0.25, -0.2) is 0 Å². The standard InChI is InChI=1S/C16H28N2O2/c1-14(2)12-11(5-6-20-14)17-7-15(3)9-18(12)10-16(4,8-17)13(15)19/h11-13,19H,5-10H2,1-4H3/p+2. The van der Waals surface area contributed by atoms with E-state index < -0.39 is 0 Å². The van der Waals surface area contributed by atoms with Gasteiger partial charge in [-0.1, -0.05) is 0 Å². The monoisotopic (exact) mass is 282 g/mol. The fourth-order valence-corrected chi connectivity index (χ4v) is 6.44. The van der Waals surface area contributed by atoms with Crippen molar-refractivity contribution >= 4 is 0 Å². The SMILES string of the molecule is CC12C[NH+]3CC(C)(C[NH+](C1)C1C3CCOC1(C)C)C2O. The van der Waals surface area contributed by atoms with E-state index in [4.69, 9.17) is 4.74 Å². The molecule has 0 amide bonds. The molecule has 3 N–H and O–H groups in total. The minimum atomic E-state index is -0.133. The third-order valence-corrected chi connectivity index (χ3v) is 6.86. The number of nitrogens with one attached hydrogen (secondary N) is 2. The van der Waals surface area contributed by atoms with Crippen molar-refractivity contribution in [1.82, 2.24) is 0 Å². The van der Waals surface area contributed by atoms with Gasteiger partial charge in [-0.05, 0) is 27.7 Å². The van der Waals surface area contributed by atoms with Crippen LogP contribution in [-0.4, -0.2) is 61.7 Å². The molecule has 5 aliphatic heterocycles. The molecule has 4 nitrogen and oxygen atoms in total. The highest BCUT2D eigenvalue weighted by Gasteiger charge is 2.69. The molecule has 0 aromatic rings. The first kappa shape index (κ1) is 13.5. The summed E-state index contributed by atoms with van der Waals surface area (Å²) in [7, 11) is 0. The average Bonchev–Trinajstić information content (AvgIpc) is 2.48. The highest BCUT2D eigenvalue weighted by Crippen LogP contribution is 2.40. The van der Waals surface area contributed by atoms with Crippen LogP contribution in [0.2, 0.25) is 0 Å². The summed E-state index contributed by atoms with van der Waals surface area (Å²) in [5.74, 6) is 0. The second-order valence-corrected chi connectivity index (χ2v) is 9.06. The second kappa shape index (κ2) is 3.78. The van der Waals surface area contributed by atoms with Gasteiger partial charge < -0.3 is 19.6 Å². The molecule has 5 rings (SSSR count). The van der Waals surface area contributed by atoms with Crippen molar-refractivity contribution in [2.24, 2.45) is 10.8 Å². The molecule has 5 saturated heterocycles. The van der Waals surface area contributed by atoms with Gasteiger partial charge in [0.1, 0.15) is 11.6 Å². The summed E-state index contributed by atoms with van der Waals surface area (Å²) in [4.78, 5) is 3.44. The summed E-state index contributed by atoms with van der Waals surface area (Å²) >= 11 is 0. The van der Waals surface area contributed by atoms with Crippen LogP contribution in [-0.2, 0) is 4.74 Å². The highest BCUT2D eigenvalue weighted by atomic mass is 16.5. The summed E-state index contributed by atoms with van der Waals surface area (Å²) < 4.78 is 6.14. The number of rotatable bonds is 0. The Morgan fingerprint density at radius 2 is 1.50 bits per heavy atom. The molecule has 5 heterocycles. The van der Waals surface area contributed by atoms with Crippen LogP contribution in [0.25, 0.3) is 0 Å². The fraction of sp³-hybridized carbons (Fsp3) is 1.00. The van der Waals surface area contributed by atoms with E-state index in [0.717, 1.165) is 32.8 Å². The molecular formula is C16H30N2O2+2. The molecule has 0 aromatic heterocycles. The third-order valence-electron chi connectivity index (χ3n) is 6.86. The van der Waals surface area contributed by atoms with Crippen molar-refractivity contribution in [1.29, 1.82) is 0 Å². The Labute approximate surface area is 122 Å². The van der Waals surface area contributed by atoms with Gasteiger partial charge in [0.05, 0.1) is 49.7 Å². The van der Waals surface area contributed by atoms with E-state index in [2.05, 4.69) is 27.7 Å². The quantitative estimate of drug-likeness (QED) is 0.486. The first-order valence-electron chi connectivity index (χ1n) is 8.26. The average molecular weight is 282 g/mol.